The van der Waals surface area contributed by atoms with Crippen LogP contribution in [0, 0.1) is 6.92 Å². The van der Waals surface area contributed by atoms with Gasteiger partial charge in [-0.1, -0.05) is 15.9 Å². The lowest BCUT2D eigenvalue weighted by atomic mass is 10.2. The first kappa shape index (κ1) is 15.0. The number of carboxylic acid groups (broad SMARTS) is 1. The first-order valence-corrected chi connectivity index (χ1v) is 8.56. The van der Waals surface area contributed by atoms with Crippen LogP contribution in [-0.2, 0) is 10.0 Å². The van der Waals surface area contributed by atoms with Crippen molar-refractivity contribution in [1.82, 2.24) is 0 Å². The van der Waals surface area contributed by atoms with Gasteiger partial charge in [-0.15, -0.1) is 11.3 Å². The lowest BCUT2D eigenvalue weighted by Gasteiger charge is -2.08. The molecule has 0 amide bonds. The number of rotatable bonds is 4. The molecule has 5 nitrogen and oxygen atoms in total. The minimum absolute atomic E-state index is 0.0163. The fraction of sp³-hybridized carbons (Fsp3) is 0.0833. The van der Waals surface area contributed by atoms with Gasteiger partial charge in [0.05, 0.1) is 4.90 Å². The molecular weight excluding hydrogens is 366 g/mol. The van der Waals surface area contributed by atoms with Gasteiger partial charge in [0.15, 0.2) is 0 Å². The Morgan fingerprint density at radius 1 is 1.35 bits per heavy atom. The summed E-state index contributed by atoms with van der Waals surface area (Å²) in [7, 11) is -3.77. The maximum atomic E-state index is 12.1. The standard InChI is InChI=1S/C12H10BrNO4S2/c1-7-4-8(2-3-10(7)13)14-20(17,18)9-5-11(12(15)16)19-6-9/h2-6,14H,1H3,(H,15,16). The maximum absolute atomic E-state index is 12.1. The summed E-state index contributed by atoms with van der Waals surface area (Å²) < 4.78 is 27.5. The van der Waals surface area contributed by atoms with Gasteiger partial charge in [0.25, 0.3) is 10.0 Å². The summed E-state index contributed by atoms with van der Waals surface area (Å²) in [5.74, 6) is -1.14. The molecular formula is C12H10BrNO4S2. The highest BCUT2D eigenvalue weighted by atomic mass is 79.9. The van der Waals surface area contributed by atoms with Gasteiger partial charge in [-0.2, -0.15) is 0 Å². The third kappa shape index (κ3) is 3.20. The van der Waals surface area contributed by atoms with Crippen LogP contribution >= 0.6 is 27.3 Å². The van der Waals surface area contributed by atoms with E-state index in [1.807, 2.05) is 6.92 Å². The van der Waals surface area contributed by atoms with Crippen molar-refractivity contribution in [2.24, 2.45) is 0 Å². The van der Waals surface area contributed by atoms with Crippen molar-refractivity contribution in [2.75, 3.05) is 4.72 Å². The third-order valence-corrected chi connectivity index (χ3v) is 5.82. The van der Waals surface area contributed by atoms with E-state index in [9.17, 15) is 13.2 Å². The first-order valence-electron chi connectivity index (χ1n) is 5.40. The lowest BCUT2D eigenvalue weighted by Crippen LogP contribution is -2.12. The number of anilines is 1. The Morgan fingerprint density at radius 2 is 2.05 bits per heavy atom. The van der Waals surface area contributed by atoms with Crippen LogP contribution < -0.4 is 4.72 Å². The van der Waals surface area contributed by atoms with Gasteiger partial charge in [-0.25, -0.2) is 13.2 Å². The van der Waals surface area contributed by atoms with Crippen molar-refractivity contribution in [3.05, 3.63) is 44.6 Å². The quantitative estimate of drug-likeness (QED) is 0.858. The largest absolute Gasteiger partial charge is 0.477 e. The molecule has 2 aromatic rings. The number of carboxylic acids is 1. The van der Waals surface area contributed by atoms with Crippen LogP contribution in [0.2, 0.25) is 0 Å². The number of sulfonamides is 1. The molecule has 0 saturated heterocycles. The molecule has 2 N–H and O–H groups in total. The number of carbonyl (C=O) groups is 1. The zero-order valence-corrected chi connectivity index (χ0v) is 13.5. The summed E-state index contributed by atoms with van der Waals surface area (Å²) >= 11 is 4.21. The first-order chi connectivity index (χ1) is 9.29. The van der Waals surface area contributed by atoms with Crippen LogP contribution in [-0.4, -0.2) is 19.5 Å². The molecule has 106 valence electrons. The van der Waals surface area contributed by atoms with Crippen LogP contribution in [0.1, 0.15) is 15.2 Å². The van der Waals surface area contributed by atoms with Gasteiger partial charge >= 0.3 is 5.97 Å². The van der Waals surface area contributed by atoms with Crippen molar-refractivity contribution in [3.63, 3.8) is 0 Å². The molecule has 0 radical (unpaired) electrons. The minimum atomic E-state index is -3.77. The number of thiophene rings is 1. The smallest absolute Gasteiger partial charge is 0.345 e. The van der Waals surface area contributed by atoms with Gasteiger partial charge in [0.1, 0.15) is 4.88 Å². The van der Waals surface area contributed by atoms with Gasteiger partial charge in [0, 0.05) is 15.5 Å². The van der Waals surface area contributed by atoms with Gasteiger partial charge in [0.2, 0.25) is 0 Å². The summed E-state index contributed by atoms with van der Waals surface area (Å²) in [5.41, 5.74) is 1.32. The van der Waals surface area contributed by atoms with E-state index >= 15 is 0 Å². The molecule has 0 unspecified atom stereocenters. The molecule has 1 aromatic carbocycles. The van der Waals surface area contributed by atoms with E-state index < -0.39 is 16.0 Å². The van der Waals surface area contributed by atoms with E-state index in [1.165, 1.54) is 5.38 Å². The fourth-order valence-corrected chi connectivity index (χ4v) is 3.90. The van der Waals surface area contributed by atoms with Crippen LogP contribution in [0.5, 0.6) is 0 Å². The zero-order valence-electron chi connectivity index (χ0n) is 10.3. The number of nitrogens with one attached hydrogen (secondary N) is 1. The molecule has 0 aliphatic rings. The highest BCUT2D eigenvalue weighted by Gasteiger charge is 2.18. The number of halogens is 1. The molecule has 0 spiro atoms. The maximum Gasteiger partial charge on any atom is 0.345 e. The summed E-state index contributed by atoms with van der Waals surface area (Å²) in [4.78, 5) is 10.7. The second-order valence-electron chi connectivity index (χ2n) is 4.02. The third-order valence-electron chi connectivity index (χ3n) is 2.51. The van der Waals surface area contributed by atoms with Crippen LogP contribution in [0.25, 0.3) is 0 Å². The summed E-state index contributed by atoms with van der Waals surface area (Å²) in [6.45, 7) is 1.84. The van der Waals surface area contributed by atoms with Crippen LogP contribution in [0.4, 0.5) is 5.69 Å². The SMILES string of the molecule is Cc1cc(NS(=O)(=O)c2csc(C(=O)O)c2)ccc1Br. The topological polar surface area (TPSA) is 83.5 Å². The van der Waals surface area contributed by atoms with E-state index in [1.54, 1.807) is 18.2 Å². The number of aryl methyl sites for hydroxylation is 1. The number of hydrogen-bond acceptors (Lipinski definition) is 4. The second-order valence-corrected chi connectivity index (χ2v) is 7.47. The molecule has 0 fully saturated rings. The van der Waals surface area contributed by atoms with Gasteiger partial charge in [-0.05, 0) is 36.8 Å². The van der Waals surface area contributed by atoms with E-state index in [2.05, 4.69) is 20.7 Å². The Kier molecular flexibility index (Phi) is 4.17. The van der Waals surface area contributed by atoms with E-state index in [4.69, 9.17) is 5.11 Å². The van der Waals surface area contributed by atoms with E-state index in [0.29, 0.717) is 5.69 Å². The second kappa shape index (κ2) is 5.55. The average Bonchev–Trinajstić information content (AvgIpc) is 2.84. The van der Waals surface area contributed by atoms with Crippen molar-refractivity contribution in [3.8, 4) is 0 Å². The molecule has 1 aromatic heterocycles. The molecule has 0 bridgehead atoms. The van der Waals surface area contributed by atoms with Crippen LogP contribution in [0.3, 0.4) is 0 Å². The number of hydrogen-bond donors (Lipinski definition) is 2. The number of benzene rings is 1. The average molecular weight is 376 g/mol. The monoisotopic (exact) mass is 375 g/mol. The Labute approximate surface area is 128 Å². The Balaban J connectivity index is 2.30. The Bertz CT molecular complexity index is 768. The summed E-state index contributed by atoms with van der Waals surface area (Å²) in [6, 6.07) is 6.19. The van der Waals surface area contributed by atoms with E-state index in [0.717, 1.165) is 27.4 Å². The van der Waals surface area contributed by atoms with Gasteiger partial charge < -0.3 is 5.11 Å². The molecule has 20 heavy (non-hydrogen) atoms. The summed E-state index contributed by atoms with van der Waals surface area (Å²) in [5, 5.41) is 10.1. The minimum Gasteiger partial charge on any atom is -0.477 e. The molecule has 0 aliphatic carbocycles. The van der Waals surface area contributed by atoms with Gasteiger partial charge in [-0.3, -0.25) is 4.72 Å². The van der Waals surface area contributed by atoms with E-state index in [-0.39, 0.29) is 9.77 Å². The Morgan fingerprint density at radius 3 is 2.60 bits per heavy atom. The molecule has 0 saturated carbocycles. The predicted molar refractivity (Wildman–Crippen MR) is 81.0 cm³/mol. The Hall–Kier alpha value is -1.38. The fourth-order valence-electron chi connectivity index (χ4n) is 1.49. The highest BCUT2D eigenvalue weighted by Crippen LogP contribution is 2.24. The summed E-state index contributed by atoms with van der Waals surface area (Å²) in [6.07, 6.45) is 0. The zero-order chi connectivity index (χ0) is 14.9. The van der Waals surface area contributed by atoms with Crippen LogP contribution in [0.15, 0.2) is 39.0 Å². The molecule has 1 heterocycles. The molecule has 0 atom stereocenters. The lowest BCUT2D eigenvalue weighted by molar-refractivity contribution is 0.0702. The van der Waals surface area contributed by atoms with Crippen molar-refractivity contribution < 1.29 is 18.3 Å². The van der Waals surface area contributed by atoms with Crippen molar-refractivity contribution >= 4 is 48.9 Å². The molecule has 2 rings (SSSR count). The molecule has 0 aliphatic heterocycles. The highest BCUT2D eigenvalue weighted by molar-refractivity contribution is 9.10. The normalized spacial score (nSPS) is 11.3. The predicted octanol–water partition coefficient (Wildman–Crippen LogP) is 3.32. The van der Waals surface area contributed by atoms with Crippen molar-refractivity contribution in [2.45, 2.75) is 11.8 Å². The van der Waals surface area contributed by atoms with Crippen molar-refractivity contribution in [1.29, 1.82) is 0 Å². The number of aromatic carboxylic acids is 1. The molecule has 8 heteroatoms.